The first kappa shape index (κ1) is 13.7. The second-order valence-electron chi connectivity index (χ2n) is 4.53. The number of nitrogen functional groups attached to an aromatic ring is 1. The van der Waals surface area contributed by atoms with Gasteiger partial charge in [0.15, 0.2) is 0 Å². The van der Waals surface area contributed by atoms with Crippen molar-refractivity contribution >= 4 is 27.9 Å². The Hall–Kier alpha value is -1.75. The highest BCUT2D eigenvalue weighted by Gasteiger charge is 2.32. The molecule has 0 aliphatic heterocycles. The zero-order chi connectivity index (χ0) is 13.8. The Morgan fingerprint density at radius 3 is 2.63 bits per heavy atom. The van der Waals surface area contributed by atoms with Gasteiger partial charge in [0.2, 0.25) is 0 Å². The molecule has 1 aliphatic carbocycles. The van der Waals surface area contributed by atoms with E-state index < -0.39 is 0 Å². The molecule has 1 fully saturated rings. The number of amides is 1. The average molecular weight is 277 g/mol. The van der Waals surface area contributed by atoms with Gasteiger partial charge in [0, 0.05) is 18.7 Å². The molecule has 1 aromatic rings. The van der Waals surface area contributed by atoms with Gasteiger partial charge in [-0.05, 0) is 18.8 Å². The van der Waals surface area contributed by atoms with Gasteiger partial charge >= 0.3 is 0 Å². The van der Waals surface area contributed by atoms with Crippen LogP contribution in [0.1, 0.15) is 34.0 Å². The molecule has 0 atom stereocenters. The van der Waals surface area contributed by atoms with Gasteiger partial charge in [-0.1, -0.05) is 12.2 Å². The Bertz CT molecular complexity index is 503. The van der Waals surface area contributed by atoms with Crippen molar-refractivity contribution in [3.05, 3.63) is 35.8 Å². The minimum atomic E-state index is -0.129. The van der Waals surface area contributed by atoms with Gasteiger partial charge < -0.3 is 16.4 Å². The van der Waals surface area contributed by atoms with Crippen molar-refractivity contribution in [1.29, 1.82) is 0 Å². The number of hydrogen-bond donors (Lipinski definition) is 3. The number of thiophene rings is 1. The summed E-state index contributed by atoms with van der Waals surface area (Å²) in [5.41, 5.74) is 7.88. The molecule has 0 spiro atoms. The molecular weight excluding hydrogens is 258 g/mol. The fourth-order valence-electron chi connectivity index (χ4n) is 1.94. The normalized spacial score (nSPS) is 13.9. The first-order valence-corrected chi connectivity index (χ1v) is 7.16. The Morgan fingerprint density at radius 2 is 2.05 bits per heavy atom. The number of nitrogens with two attached hydrogens (primary N) is 1. The van der Waals surface area contributed by atoms with Crippen LogP contribution < -0.4 is 16.4 Å². The highest BCUT2D eigenvalue weighted by atomic mass is 32.1. The maximum atomic E-state index is 12.0. The van der Waals surface area contributed by atoms with Gasteiger partial charge in [-0.25, -0.2) is 0 Å². The highest BCUT2D eigenvalue weighted by molar-refractivity contribution is 7.18. The van der Waals surface area contributed by atoms with E-state index in [0.717, 1.165) is 23.4 Å². The van der Waals surface area contributed by atoms with Crippen LogP contribution >= 0.6 is 11.3 Å². The van der Waals surface area contributed by atoms with Gasteiger partial charge in [-0.15, -0.1) is 24.5 Å². The summed E-state index contributed by atoms with van der Waals surface area (Å²) < 4.78 is 0. The van der Waals surface area contributed by atoms with Crippen LogP contribution in [0.2, 0.25) is 0 Å². The first-order valence-electron chi connectivity index (χ1n) is 6.35. The SMILES string of the molecule is C=CCNC(=O)c1sc(NCC=C)c(C2CC2)c1N. The molecule has 5 heteroatoms. The molecule has 1 heterocycles. The van der Waals surface area contributed by atoms with Crippen LogP contribution in [-0.4, -0.2) is 19.0 Å². The van der Waals surface area contributed by atoms with E-state index in [1.807, 2.05) is 0 Å². The topological polar surface area (TPSA) is 67.2 Å². The van der Waals surface area contributed by atoms with E-state index >= 15 is 0 Å². The summed E-state index contributed by atoms with van der Waals surface area (Å²) in [6.45, 7) is 8.40. The van der Waals surface area contributed by atoms with Crippen molar-refractivity contribution in [2.24, 2.45) is 0 Å². The molecule has 102 valence electrons. The van der Waals surface area contributed by atoms with Crippen LogP contribution in [0, 0.1) is 0 Å². The molecule has 0 aromatic carbocycles. The van der Waals surface area contributed by atoms with E-state index in [1.54, 1.807) is 12.2 Å². The lowest BCUT2D eigenvalue weighted by atomic mass is 10.1. The van der Waals surface area contributed by atoms with Crippen molar-refractivity contribution < 1.29 is 4.79 Å². The number of carbonyl (C=O) groups excluding carboxylic acids is 1. The highest BCUT2D eigenvalue weighted by Crippen LogP contribution is 2.50. The van der Waals surface area contributed by atoms with E-state index in [-0.39, 0.29) is 5.91 Å². The lowest BCUT2D eigenvalue weighted by molar-refractivity contribution is 0.0963. The Kier molecular flexibility index (Phi) is 4.27. The molecule has 1 aliphatic rings. The molecule has 4 nitrogen and oxygen atoms in total. The van der Waals surface area contributed by atoms with Crippen LogP contribution in [0.15, 0.2) is 25.3 Å². The lowest BCUT2D eigenvalue weighted by Gasteiger charge is -2.04. The van der Waals surface area contributed by atoms with Gasteiger partial charge in [-0.2, -0.15) is 0 Å². The van der Waals surface area contributed by atoms with Crippen molar-refractivity contribution in [2.45, 2.75) is 18.8 Å². The summed E-state index contributed by atoms with van der Waals surface area (Å²) >= 11 is 1.42. The smallest absolute Gasteiger partial charge is 0.263 e. The minimum absolute atomic E-state index is 0.129. The zero-order valence-corrected chi connectivity index (χ0v) is 11.7. The predicted octanol–water partition coefficient (Wildman–Crippen LogP) is 2.72. The second-order valence-corrected chi connectivity index (χ2v) is 5.55. The quantitative estimate of drug-likeness (QED) is 0.671. The van der Waals surface area contributed by atoms with Crippen LogP contribution in [0.5, 0.6) is 0 Å². The van der Waals surface area contributed by atoms with Gasteiger partial charge in [0.25, 0.3) is 5.91 Å². The molecular formula is C14H19N3OS. The van der Waals surface area contributed by atoms with Crippen molar-refractivity contribution in [2.75, 3.05) is 24.1 Å². The van der Waals surface area contributed by atoms with Gasteiger partial charge in [0.1, 0.15) is 4.88 Å². The van der Waals surface area contributed by atoms with Gasteiger partial charge in [-0.3, -0.25) is 4.79 Å². The summed E-state index contributed by atoms with van der Waals surface area (Å²) in [5, 5.41) is 7.05. The van der Waals surface area contributed by atoms with Crippen molar-refractivity contribution in [1.82, 2.24) is 5.32 Å². The summed E-state index contributed by atoms with van der Waals surface area (Å²) in [4.78, 5) is 12.6. The minimum Gasteiger partial charge on any atom is -0.397 e. The average Bonchev–Trinajstić information content (AvgIpc) is 3.18. The number of anilines is 2. The van der Waals surface area contributed by atoms with E-state index in [2.05, 4.69) is 23.8 Å². The largest absolute Gasteiger partial charge is 0.397 e. The van der Waals surface area contributed by atoms with Crippen molar-refractivity contribution in [3.8, 4) is 0 Å². The third kappa shape index (κ3) is 2.98. The lowest BCUT2D eigenvalue weighted by Crippen LogP contribution is -2.23. The van der Waals surface area contributed by atoms with Gasteiger partial charge in [0.05, 0.1) is 10.7 Å². The standard InChI is InChI=1S/C14H19N3OS/c1-3-7-16-13(18)12-11(15)10(9-5-6-9)14(19-12)17-8-4-2/h3-4,9,17H,1-2,5-8,15H2,(H,16,18). The number of hydrogen-bond acceptors (Lipinski definition) is 4. The van der Waals surface area contributed by atoms with E-state index in [4.69, 9.17) is 5.73 Å². The monoisotopic (exact) mass is 277 g/mol. The molecule has 0 unspecified atom stereocenters. The van der Waals surface area contributed by atoms with Crippen LogP contribution in [0.3, 0.4) is 0 Å². The molecule has 1 aromatic heterocycles. The van der Waals surface area contributed by atoms with Crippen LogP contribution in [0.25, 0.3) is 0 Å². The van der Waals surface area contributed by atoms with E-state index in [9.17, 15) is 4.79 Å². The summed E-state index contributed by atoms with van der Waals surface area (Å²) in [7, 11) is 0. The third-order valence-corrected chi connectivity index (χ3v) is 4.17. The maximum absolute atomic E-state index is 12.0. The Morgan fingerprint density at radius 1 is 1.37 bits per heavy atom. The molecule has 1 saturated carbocycles. The van der Waals surface area contributed by atoms with Crippen molar-refractivity contribution in [3.63, 3.8) is 0 Å². The fraction of sp³-hybridized carbons (Fsp3) is 0.357. The molecule has 4 N–H and O–H groups in total. The predicted molar refractivity (Wildman–Crippen MR) is 81.9 cm³/mol. The molecule has 0 saturated heterocycles. The fourth-order valence-corrected chi connectivity index (χ4v) is 3.07. The number of carbonyl (C=O) groups is 1. The first-order chi connectivity index (χ1) is 9.19. The van der Waals surface area contributed by atoms with Crippen LogP contribution in [0.4, 0.5) is 10.7 Å². The summed E-state index contributed by atoms with van der Waals surface area (Å²) in [6.07, 6.45) is 5.75. The summed E-state index contributed by atoms with van der Waals surface area (Å²) in [6, 6.07) is 0. The Balaban J connectivity index is 2.25. The molecule has 1 amide bonds. The van der Waals surface area contributed by atoms with E-state index in [1.165, 1.54) is 11.3 Å². The van der Waals surface area contributed by atoms with E-state index in [0.29, 0.717) is 29.6 Å². The molecule has 19 heavy (non-hydrogen) atoms. The molecule has 2 rings (SSSR count). The zero-order valence-electron chi connectivity index (χ0n) is 10.9. The number of nitrogens with one attached hydrogen (secondary N) is 2. The molecule has 0 bridgehead atoms. The number of rotatable bonds is 7. The maximum Gasteiger partial charge on any atom is 0.263 e. The van der Waals surface area contributed by atoms with Crippen LogP contribution in [-0.2, 0) is 0 Å². The Labute approximate surface area is 117 Å². The molecule has 0 radical (unpaired) electrons. The third-order valence-electron chi connectivity index (χ3n) is 2.99. The summed E-state index contributed by atoms with van der Waals surface area (Å²) in [5.74, 6) is 0.375. The second kappa shape index (κ2) is 5.93.